The van der Waals surface area contributed by atoms with E-state index in [1.165, 1.54) is 18.5 Å². The van der Waals surface area contributed by atoms with Crippen LogP contribution in [0.3, 0.4) is 0 Å². The zero-order chi connectivity index (χ0) is 25.3. The van der Waals surface area contributed by atoms with Crippen LogP contribution < -0.4 is 10.6 Å². The Hall–Kier alpha value is -4.86. The third kappa shape index (κ3) is 5.98. The van der Waals surface area contributed by atoms with E-state index in [2.05, 4.69) is 25.6 Å². The van der Waals surface area contributed by atoms with E-state index in [9.17, 15) is 14.9 Å². The zero-order valence-electron chi connectivity index (χ0n) is 19.5. The number of aromatic nitrogens is 3. The maximum atomic E-state index is 12.5. The highest BCUT2D eigenvalue weighted by molar-refractivity contribution is 5.96. The van der Waals surface area contributed by atoms with Crippen LogP contribution in [0, 0.1) is 10.1 Å². The highest BCUT2D eigenvalue weighted by Crippen LogP contribution is 2.27. The topological polar surface area (TPSA) is 132 Å². The summed E-state index contributed by atoms with van der Waals surface area (Å²) in [5, 5.41) is 16.9. The van der Waals surface area contributed by atoms with Crippen molar-refractivity contribution in [1.82, 2.24) is 15.0 Å². The molecule has 2 aromatic heterocycles. The Morgan fingerprint density at radius 1 is 0.889 bits per heavy atom. The lowest BCUT2D eigenvalue weighted by Crippen LogP contribution is -2.17. The summed E-state index contributed by atoms with van der Waals surface area (Å²) in [6, 6.07) is 20.7. The van der Waals surface area contributed by atoms with Gasteiger partial charge in [-0.2, -0.15) is 0 Å². The standard InChI is InChI=1S/C26H24N6O4/c1-2-36-25(33)22-17-30-26(28-15-14-27-23-13-12-21(16-29-23)32(34)35)31-24(22)20-10-8-19(9-11-20)18-6-4-3-5-7-18/h3-13,16-17H,2,14-15H2,1H3,(H,27,29)(H,28,30,31). The molecule has 0 saturated carbocycles. The van der Waals surface area contributed by atoms with Crippen LogP contribution in [-0.2, 0) is 4.74 Å². The summed E-state index contributed by atoms with van der Waals surface area (Å²) >= 11 is 0. The molecule has 0 aliphatic heterocycles. The number of hydrogen-bond acceptors (Lipinski definition) is 9. The number of hydrogen-bond donors (Lipinski definition) is 2. The first-order chi connectivity index (χ1) is 17.5. The third-order valence-corrected chi connectivity index (χ3v) is 5.22. The van der Waals surface area contributed by atoms with Crippen LogP contribution >= 0.6 is 0 Å². The van der Waals surface area contributed by atoms with Crippen LogP contribution in [0.2, 0.25) is 0 Å². The van der Waals surface area contributed by atoms with Crippen molar-refractivity contribution in [3.63, 3.8) is 0 Å². The van der Waals surface area contributed by atoms with Crippen molar-refractivity contribution in [2.24, 2.45) is 0 Å². The minimum absolute atomic E-state index is 0.0712. The molecule has 0 spiro atoms. The number of carbonyl (C=O) groups excluding carboxylic acids is 1. The van der Waals surface area contributed by atoms with Crippen LogP contribution in [0.1, 0.15) is 17.3 Å². The van der Waals surface area contributed by atoms with E-state index >= 15 is 0 Å². The van der Waals surface area contributed by atoms with Gasteiger partial charge in [0.05, 0.1) is 17.2 Å². The highest BCUT2D eigenvalue weighted by atomic mass is 16.6. The van der Waals surface area contributed by atoms with Gasteiger partial charge in [0.1, 0.15) is 17.6 Å². The van der Waals surface area contributed by atoms with E-state index in [0.29, 0.717) is 30.5 Å². The van der Waals surface area contributed by atoms with E-state index < -0.39 is 10.9 Å². The molecule has 0 atom stereocenters. The molecule has 2 heterocycles. The van der Waals surface area contributed by atoms with Gasteiger partial charge in [0.2, 0.25) is 5.95 Å². The molecule has 0 fully saturated rings. The van der Waals surface area contributed by atoms with Crippen molar-refractivity contribution in [3.05, 3.63) is 94.8 Å². The summed E-state index contributed by atoms with van der Waals surface area (Å²) in [6.45, 7) is 2.90. The Kier molecular flexibility index (Phi) is 7.76. The van der Waals surface area contributed by atoms with Crippen molar-refractivity contribution in [2.75, 3.05) is 30.3 Å². The number of anilines is 2. The minimum atomic E-state index is -0.498. The van der Waals surface area contributed by atoms with E-state index in [1.54, 1.807) is 13.0 Å². The maximum absolute atomic E-state index is 12.5. The van der Waals surface area contributed by atoms with E-state index in [-0.39, 0.29) is 17.9 Å². The van der Waals surface area contributed by atoms with Crippen LogP contribution in [-0.4, -0.2) is 45.5 Å². The molecule has 36 heavy (non-hydrogen) atoms. The normalized spacial score (nSPS) is 10.5. The number of nitrogens with one attached hydrogen (secondary N) is 2. The number of carbonyl (C=O) groups is 1. The van der Waals surface area contributed by atoms with Crippen LogP contribution in [0.15, 0.2) is 79.1 Å². The Morgan fingerprint density at radius 2 is 1.58 bits per heavy atom. The molecule has 182 valence electrons. The molecule has 0 unspecified atom stereocenters. The van der Waals surface area contributed by atoms with Gasteiger partial charge < -0.3 is 15.4 Å². The smallest absolute Gasteiger partial charge is 0.341 e. The number of esters is 1. The predicted octanol–water partition coefficient (Wildman–Crippen LogP) is 4.81. The van der Waals surface area contributed by atoms with Crippen LogP contribution in [0.5, 0.6) is 0 Å². The lowest BCUT2D eigenvalue weighted by Gasteiger charge is -2.12. The fraction of sp³-hybridized carbons (Fsp3) is 0.154. The SMILES string of the molecule is CCOC(=O)c1cnc(NCCNc2ccc([N+](=O)[O-])cn2)nc1-c1ccc(-c2ccccc2)cc1. The Morgan fingerprint density at radius 3 is 2.25 bits per heavy atom. The summed E-state index contributed by atoms with van der Waals surface area (Å²) in [4.78, 5) is 35.6. The second-order valence-corrected chi connectivity index (χ2v) is 7.63. The average Bonchev–Trinajstić information content (AvgIpc) is 2.92. The van der Waals surface area contributed by atoms with Gasteiger partial charge >= 0.3 is 5.97 Å². The summed E-state index contributed by atoms with van der Waals surface area (Å²) < 4.78 is 5.20. The number of ether oxygens (including phenoxy) is 1. The first-order valence-electron chi connectivity index (χ1n) is 11.3. The molecule has 2 N–H and O–H groups in total. The highest BCUT2D eigenvalue weighted by Gasteiger charge is 2.17. The summed E-state index contributed by atoms with van der Waals surface area (Å²) in [5.41, 5.74) is 3.58. The molecule has 10 nitrogen and oxygen atoms in total. The van der Waals surface area contributed by atoms with Gasteiger partial charge in [0.15, 0.2) is 0 Å². The lowest BCUT2D eigenvalue weighted by atomic mass is 10.0. The van der Waals surface area contributed by atoms with Gasteiger partial charge in [-0.15, -0.1) is 0 Å². The van der Waals surface area contributed by atoms with Crippen molar-refractivity contribution in [3.8, 4) is 22.4 Å². The van der Waals surface area contributed by atoms with Crippen LogP contribution in [0.25, 0.3) is 22.4 Å². The van der Waals surface area contributed by atoms with Crippen molar-refractivity contribution in [1.29, 1.82) is 0 Å². The monoisotopic (exact) mass is 484 g/mol. The maximum Gasteiger partial charge on any atom is 0.341 e. The zero-order valence-corrected chi connectivity index (χ0v) is 19.5. The predicted molar refractivity (Wildman–Crippen MR) is 137 cm³/mol. The molecule has 0 bridgehead atoms. The molecule has 0 aliphatic rings. The largest absolute Gasteiger partial charge is 0.462 e. The summed E-state index contributed by atoms with van der Waals surface area (Å²) in [7, 11) is 0. The quantitative estimate of drug-likeness (QED) is 0.141. The molecule has 4 rings (SSSR count). The van der Waals surface area contributed by atoms with Gasteiger partial charge in [-0.1, -0.05) is 54.6 Å². The van der Waals surface area contributed by atoms with E-state index in [1.807, 2.05) is 54.6 Å². The third-order valence-electron chi connectivity index (χ3n) is 5.22. The van der Waals surface area contributed by atoms with Gasteiger partial charge in [0, 0.05) is 30.9 Å². The molecule has 0 aliphatic carbocycles. The molecule has 0 amide bonds. The fourth-order valence-corrected chi connectivity index (χ4v) is 3.46. The van der Waals surface area contributed by atoms with E-state index in [4.69, 9.17) is 4.74 Å². The van der Waals surface area contributed by atoms with Gasteiger partial charge in [-0.3, -0.25) is 10.1 Å². The number of pyridine rings is 1. The second-order valence-electron chi connectivity index (χ2n) is 7.63. The van der Waals surface area contributed by atoms with Crippen molar-refractivity contribution in [2.45, 2.75) is 6.92 Å². The summed E-state index contributed by atoms with van der Waals surface area (Å²) in [5.74, 6) is 0.376. The Balaban J connectivity index is 1.48. The molecule has 10 heteroatoms. The van der Waals surface area contributed by atoms with Crippen LogP contribution in [0.4, 0.5) is 17.5 Å². The number of nitrogens with zero attached hydrogens (tertiary/aromatic N) is 4. The van der Waals surface area contributed by atoms with Crippen molar-refractivity contribution >= 4 is 23.4 Å². The van der Waals surface area contributed by atoms with E-state index in [0.717, 1.165) is 16.7 Å². The molecule has 4 aromatic rings. The van der Waals surface area contributed by atoms with Gasteiger partial charge in [-0.25, -0.2) is 19.7 Å². The number of nitro groups is 1. The van der Waals surface area contributed by atoms with Gasteiger partial charge in [-0.05, 0) is 24.1 Å². The Labute approximate surface area is 207 Å². The minimum Gasteiger partial charge on any atom is -0.462 e. The second kappa shape index (κ2) is 11.5. The Bertz CT molecular complexity index is 1330. The molecular weight excluding hydrogens is 460 g/mol. The lowest BCUT2D eigenvalue weighted by molar-refractivity contribution is -0.385. The average molecular weight is 485 g/mol. The molecular formula is C26H24N6O4. The van der Waals surface area contributed by atoms with Crippen molar-refractivity contribution < 1.29 is 14.5 Å². The fourth-order valence-electron chi connectivity index (χ4n) is 3.46. The molecule has 2 aromatic carbocycles. The first kappa shape index (κ1) is 24.3. The molecule has 0 radical (unpaired) electrons. The van der Waals surface area contributed by atoms with Gasteiger partial charge in [0.25, 0.3) is 5.69 Å². The summed E-state index contributed by atoms with van der Waals surface area (Å²) in [6.07, 6.45) is 2.65. The molecule has 0 saturated heterocycles. The first-order valence-corrected chi connectivity index (χ1v) is 11.3. The number of rotatable bonds is 10. The number of benzene rings is 2.